The van der Waals surface area contributed by atoms with Crippen molar-refractivity contribution >= 4 is 5.97 Å². The first-order chi connectivity index (χ1) is 14.5. The highest BCUT2D eigenvalue weighted by Crippen LogP contribution is 2.42. The molecule has 2 aliphatic rings. The Hall–Kier alpha value is -1.65. The molecule has 2 fully saturated rings. The number of halogens is 2. The maximum absolute atomic E-state index is 14.1. The topological polar surface area (TPSA) is 35.5 Å². The molecule has 3 nitrogen and oxygen atoms in total. The molecule has 2 aliphatic carbocycles. The SMILES string of the molecule is CCCCCC1CCC(C2CCC(C(=O)Oc3ccc(OC)c(F)c3F)CC2)CC1. The zero-order valence-corrected chi connectivity index (χ0v) is 18.4. The Morgan fingerprint density at radius 1 is 0.900 bits per heavy atom. The summed E-state index contributed by atoms with van der Waals surface area (Å²) < 4.78 is 37.9. The number of carbonyl (C=O) groups is 1. The van der Waals surface area contributed by atoms with Crippen molar-refractivity contribution in [3.63, 3.8) is 0 Å². The number of hydrogen-bond donors (Lipinski definition) is 0. The molecule has 2 saturated carbocycles. The molecule has 0 amide bonds. The summed E-state index contributed by atoms with van der Waals surface area (Å²) in [5, 5.41) is 0. The average molecular weight is 423 g/mol. The molecule has 30 heavy (non-hydrogen) atoms. The predicted octanol–water partition coefficient (Wildman–Crippen LogP) is 7.07. The number of hydrogen-bond acceptors (Lipinski definition) is 3. The molecule has 0 aliphatic heterocycles. The third kappa shape index (κ3) is 5.73. The van der Waals surface area contributed by atoms with Crippen LogP contribution >= 0.6 is 0 Å². The number of unbranched alkanes of at least 4 members (excludes halogenated alkanes) is 2. The van der Waals surface area contributed by atoms with E-state index >= 15 is 0 Å². The van der Waals surface area contributed by atoms with E-state index in [0.717, 1.165) is 37.5 Å². The lowest BCUT2D eigenvalue weighted by Crippen LogP contribution is -2.30. The predicted molar refractivity (Wildman–Crippen MR) is 114 cm³/mol. The third-order valence-corrected chi connectivity index (χ3v) is 7.32. The molecule has 0 heterocycles. The van der Waals surface area contributed by atoms with Gasteiger partial charge in [-0.1, -0.05) is 45.4 Å². The third-order valence-electron chi connectivity index (χ3n) is 7.32. The van der Waals surface area contributed by atoms with Gasteiger partial charge in [0.2, 0.25) is 11.6 Å². The van der Waals surface area contributed by atoms with Gasteiger partial charge in [0.25, 0.3) is 0 Å². The van der Waals surface area contributed by atoms with Crippen molar-refractivity contribution in [3.05, 3.63) is 23.8 Å². The molecule has 0 atom stereocenters. The van der Waals surface area contributed by atoms with Gasteiger partial charge in [-0.2, -0.15) is 8.78 Å². The van der Waals surface area contributed by atoms with Gasteiger partial charge in [0.15, 0.2) is 11.5 Å². The lowest BCUT2D eigenvalue weighted by atomic mass is 9.68. The lowest BCUT2D eigenvalue weighted by Gasteiger charge is -2.37. The van der Waals surface area contributed by atoms with E-state index in [1.165, 1.54) is 70.6 Å². The van der Waals surface area contributed by atoms with Gasteiger partial charge >= 0.3 is 5.97 Å². The molecule has 3 rings (SSSR count). The summed E-state index contributed by atoms with van der Waals surface area (Å²) in [4.78, 5) is 12.5. The van der Waals surface area contributed by atoms with Crippen molar-refractivity contribution in [2.75, 3.05) is 7.11 Å². The van der Waals surface area contributed by atoms with E-state index < -0.39 is 17.6 Å². The summed E-state index contributed by atoms with van der Waals surface area (Å²) >= 11 is 0. The fourth-order valence-electron chi connectivity index (χ4n) is 5.40. The van der Waals surface area contributed by atoms with Crippen molar-refractivity contribution < 1.29 is 23.0 Å². The van der Waals surface area contributed by atoms with Crippen molar-refractivity contribution in [2.45, 2.75) is 84.0 Å². The average Bonchev–Trinajstić information content (AvgIpc) is 2.78. The van der Waals surface area contributed by atoms with Crippen LogP contribution in [0.1, 0.15) is 84.0 Å². The highest BCUT2D eigenvalue weighted by atomic mass is 19.2. The zero-order valence-electron chi connectivity index (χ0n) is 18.4. The Balaban J connectivity index is 1.43. The summed E-state index contributed by atoms with van der Waals surface area (Å²) in [7, 11) is 1.26. The van der Waals surface area contributed by atoms with Crippen molar-refractivity contribution in [1.29, 1.82) is 0 Å². The second-order valence-corrected chi connectivity index (χ2v) is 9.20. The van der Waals surface area contributed by atoms with Crippen LogP contribution in [0.15, 0.2) is 12.1 Å². The summed E-state index contributed by atoms with van der Waals surface area (Å²) in [5.74, 6) is -1.14. The highest BCUT2D eigenvalue weighted by Gasteiger charge is 2.34. The first kappa shape index (κ1) is 23.0. The van der Waals surface area contributed by atoms with Crippen molar-refractivity contribution in [2.24, 2.45) is 23.7 Å². The van der Waals surface area contributed by atoms with Crippen LogP contribution < -0.4 is 9.47 Å². The first-order valence-electron chi connectivity index (χ1n) is 11.8. The number of carbonyl (C=O) groups excluding carboxylic acids is 1. The fraction of sp³-hybridized carbons (Fsp3) is 0.720. The molecule has 1 aromatic carbocycles. The second kappa shape index (κ2) is 11.1. The molecule has 0 bridgehead atoms. The molecule has 0 radical (unpaired) electrons. The minimum Gasteiger partial charge on any atom is -0.494 e. The van der Waals surface area contributed by atoms with Crippen LogP contribution in [0.4, 0.5) is 8.78 Å². The number of benzene rings is 1. The Kier molecular flexibility index (Phi) is 8.52. The van der Waals surface area contributed by atoms with Gasteiger partial charge in [-0.15, -0.1) is 0 Å². The van der Waals surface area contributed by atoms with Crippen LogP contribution in [-0.4, -0.2) is 13.1 Å². The van der Waals surface area contributed by atoms with Gasteiger partial charge in [0.1, 0.15) is 0 Å². The maximum atomic E-state index is 14.1. The van der Waals surface area contributed by atoms with E-state index in [9.17, 15) is 13.6 Å². The molecular weight excluding hydrogens is 386 g/mol. The van der Waals surface area contributed by atoms with Gasteiger partial charge < -0.3 is 9.47 Å². The minimum atomic E-state index is -1.17. The largest absolute Gasteiger partial charge is 0.494 e. The smallest absolute Gasteiger partial charge is 0.314 e. The van der Waals surface area contributed by atoms with E-state index in [1.807, 2.05) is 0 Å². The number of rotatable bonds is 8. The number of methoxy groups -OCH3 is 1. The van der Waals surface area contributed by atoms with Gasteiger partial charge in [-0.25, -0.2) is 0 Å². The lowest BCUT2D eigenvalue weighted by molar-refractivity contribution is -0.140. The van der Waals surface area contributed by atoms with Gasteiger partial charge in [-0.3, -0.25) is 4.79 Å². The Labute approximate surface area is 179 Å². The maximum Gasteiger partial charge on any atom is 0.314 e. The molecule has 0 saturated heterocycles. The Morgan fingerprint density at radius 2 is 1.47 bits per heavy atom. The van der Waals surface area contributed by atoms with Crippen LogP contribution in [0.25, 0.3) is 0 Å². The summed E-state index contributed by atoms with van der Waals surface area (Å²) in [6.45, 7) is 2.26. The monoisotopic (exact) mass is 422 g/mol. The minimum absolute atomic E-state index is 0.201. The first-order valence-corrected chi connectivity index (χ1v) is 11.8. The van der Waals surface area contributed by atoms with Gasteiger partial charge in [0, 0.05) is 0 Å². The Morgan fingerprint density at radius 3 is 2.07 bits per heavy atom. The molecule has 1 aromatic rings. The van der Waals surface area contributed by atoms with Crippen LogP contribution in [0.2, 0.25) is 0 Å². The molecule has 0 aromatic heterocycles. The molecular formula is C25H36F2O3. The van der Waals surface area contributed by atoms with Gasteiger partial charge in [-0.05, 0) is 68.4 Å². The van der Waals surface area contributed by atoms with Crippen molar-refractivity contribution in [1.82, 2.24) is 0 Å². The fourth-order valence-corrected chi connectivity index (χ4v) is 5.40. The second-order valence-electron chi connectivity index (χ2n) is 9.20. The summed E-state index contributed by atoms with van der Waals surface area (Å²) in [6.07, 6.45) is 14.4. The van der Waals surface area contributed by atoms with E-state index in [4.69, 9.17) is 9.47 Å². The number of ether oxygens (including phenoxy) is 2. The molecule has 5 heteroatoms. The number of esters is 1. The van der Waals surface area contributed by atoms with Crippen LogP contribution in [0.5, 0.6) is 11.5 Å². The summed E-state index contributed by atoms with van der Waals surface area (Å²) in [6, 6.07) is 2.52. The van der Waals surface area contributed by atoms with E-state index in [1.54, 1.807) is 0 Å². The zero-order chi connectivity index (χ0) is 21.5. The molecule has 0 unspecified atom stereocenters. The standard InChI is InChI=1S/C25H36F2O3/c1-3-4-5-6-17-7-9-18(10-8-17)19-11-13-20(14-12-19)25(28)30-22-16-15-21(29-2)23(26)24(22)27/h15-20H,3-14H2,1-2H3. The quantitative estimate of drug-likeness (QED) is 0.255. The van der Waals surface area contributed by atoms with Crippen LogP contribution in [-0.2, 0) is 4.79 Å². The molecule has 0 spiro atoms. The van der Waals surface area contributed by atoms with Crippen LogP contribution in [0.3, 0.4) is 0 Å². The van der Waals surface area contributed by atoms with E-state index in [2.05, 4.69) is 6.92 Å². The molecule has 0 N–H and O–H groups in total. The molecule has 168 valence electrons. The van der Waals surface area contributed by atoms with Crippen LogP contribution in [0, 0.1) is 35.3 Å². The normalized spacial score (nSPS) is 26.9. The summed E-state index contributed by atoms with van der Waals surface area (Å²) in [5.41, 5.74) is 0. The van der Waals surface area contributed by atoms with E-state index in [0.29, 0.717) is 5.92 Å². The highest BCUT2D eigenvalue weighted by molar-refractivity contribution is 5.75. The Bertz CT molecular complexity index is 690. The van der Waals surface area contributed by atoms with Gasteiger partial charge in [0.05, 0.1) is 13.0 Å². The van der Waals surface area contributed by atoms with Crippen molar-refractivity contribution in [3.8, 4) is 11.5 Å². The van der Waals surface area contributed by atoms with E-state index in [-0.39, 0.29) is 17.4 Å².